The molecule has 1 aliphatic heterocycles. The summed E-state index contributed by atoms with van der Waals surface area (Å²) in [7, 11) is 0. The molecule has 0 aliphatic carbocycles. The molecule has 4 aromatic rings. The number of aromatic amines is 2. The fraction of sp³-hybridized carbons (Fsp3) is 0.286. The predicted molar refractivity (Wildman–Crippen MR) is 111 cm³/mol. The molecule has 0 unspecified atom stereocenters. The van der Waals surface area contributed by atoms with Gasteiger partial charge in [0.15, 0.2) is 0 Å². The summed E-state index contributed by atoms with van der Waals surface area (Å²) in [5, 5.41) is 10.7. The third kappa shape index (κ3) is 3.52. The average molecular weight is 427 g/mol. The number of piperidine rings is 1. The number of rotatable bonds is 3. The van der Waals surface area contributed by atoms with E-state index in [4.69, 9.17) is 5.73 Å². The van der Waals surface area contributed by atoms with Gasteiger partial charge >= 0.3 is 6.18 Å². The SMILES string of the molecule is Nc1nc(-c2c[nH]c3cc(-c4cc[nH]n4)ccc23)c(C(F)(F)F)c([C@H]2CCCNC2)n1. The minimum atomic E-state index is -4.62. The zero-order chi connectivity index (χ0) is 21.6. The highest BCUT2D eigenvalue weighted by molar-refractivity contribution is 5.97. The van der Waals surface area contributed by atoms with Gasteiger partial charge in [-0.3, -0.25) is 5.10 Å². The fourth-order valence-corrected chi connectivity index (χ4v) is 4.25. The quantitative estimate of drug-likeness (QED) is 0.394. The lowest BCUT2D eigenvalue weighted by molar-refractivity contribution is -0.138. The van der Waals surface area contributed by atoms with Gasteiger partial charge in [0.25, 0.3) is 0 Å². The van der Waals surface area contributed by atoms with Crippen LogP contribution in [0.1, 0.15) is 30.0 Å². The summed E-state index contributed by atoms with van der Waals surface area (Å²) in [5.74, 6) is -0.531. The van der Waals surface area contributed by atoms with Crippen LogP contribution in [-0.4, -0.2) is 38.2 Å². The number of hydrogen-bond donors (Lipinski definition) is 4. The van der Waals surface area contributed by atoms with Crippen molar-refractivity contribution in [2.75, 3.05) is 18.8 Å². The maximum absolute atomic E-state index is 14.3. The summed E-state index contributed by atoms with van der Waals surface area (Å²) >= 11 is 0. The van der Waals surface area contributed by atoms with Crippen LogP contribution in [0.25, 0.3) is 33.4 Å². The molecule has 3 aromatic heterocycles. The molecule has 4 heterocycles. The molecule has 1 aliphatic rings. The molecule has 1 aromatic carbocycles. The van der Waals surface area contributed by atoms with Gasteiger partial charge in [0.05, 0.1) is 17.1 Å². The number of hydrogen-bond acceptors (Lipinski definition) is 5. The zero-order valence-electron chi connectivity index (χ0n) is 16.4. The first-order chi connectivity index (χ1) is 14.9. The maximum Gasteiger partial charge on any atom is 0.420 e. The second-order valence-corrected chi connectivity index (χ2v) is 7.65. The van der Waals surface area contributed by atoms with Crippen LogP contribution >= 0.6 is 0 Å². The Morgan fingerprint density at radius 3 is 2.71 bits per heavy atom. The van der Waals surface area contributed by atoms with Gasteiger partial charge in [-0.15, -0.1) is 0 Å². The third-order valence-corrected chi connectivity index (χ3v) is 5.65. The lowest BCUT2D eigenvalue weighted by Gasteiger charge is -2.26. The Balaban J connectivity index is 1.69. The van der Waals surface area contributed by atoms with Crippen molar-refractivity contribution in [2.45, 2.75) is 24.9 Å². The second-order valence-electron chi connectivity index (χ2n) is 7.65. The predicted octanol–water partition coefficient (Wildman–Crippen LogP) is 4.08. The average Bonchev–Trinajstić information content (AvgIpc) is 3.42. The summed E-state index contributed by atoms with van der Waals surface area (Å²) in [4.78, 5) is 11.2. The van der Waals surface area contributed by atoms with E-state index in [9.17, 15) is 13.2 Å². The van der Waals surface area contributed by atoms with Gasteiger partial charge in [-0.2, -0.15) is 18.3 Å². The van der Waals surface area contributed by atoms with E-state index in [0.29, 0.717) is 29.4 Å². The summed E-state index contributed by atoms with van der Waals surface area (Å²) in [6.45, 7) is 1.21. The van der Waals surface area contributed by atoms with Crippen LogP contribution in [-0.2, 0) is 6.18 Å². The van der Waals surface area contributed by atoms with Crippen molar-refractivity contribution in [1.82, 2.24) is 30.5 Å². The minimum absolute atomic E-state index is 0.0373. The highest BCUT2D eigenvalue weighted by atomic mass is 19.4. The van der Waals surface area contributed by atoms with E-state index in [-0.39, 0.29) is 23.3 Å². The number of nitrogens with zero attached hydrogens (tertiary/aromatic N) is 3. The van der Waals surface area contributed by atoms with Crippen molar-refractivity contribution in [3.05, 3.63) is 47.9 Å². The molecule has 1 fully saturated rings. The number of aromatic nitrogens is 5. The van der Waals surface area contributed by atoms with E-state index in [0.717, 1.165) is 24.2 Å². The van der Waals surface area contributed by atoms with Crippen LogP contribution in [0.15, 0.2) is 36.7 Å². The van der Waals surface area contributed by atoms with Crippen LogP contribution < -0.4 is 11.1 Å². The van der Waals surface area contributed by atoms with E-state index in [1.54, 1.807) is 18.5 Å². The van der Waals surface area contributed by atoms with Crippen LogP contribution in [0.2, 0.25) is 0 Å². The number of nitrogens with two attached hydrogens (primary N) is 1. The second kappa shape index (κ2) is 7.38. The highest BCUT2D eigenvalue weighted by Crippen LogP contribution is 2.43. The molecule has 7 nitrogen and oxygen atoms in total. The molecule has 0 saturated carbocycles. The van der Waals surface area contributed by atoms with Gasteiger partial charge in [0.1, 0.15) is 5.56 Å². The van der Waals surface area contributed by atoms with E-state index >= 15 is 0 Å². The van der Waals surface area contributed by atoms with Crippen molar-refractivity contribution in [3.63, 3.8) is 0 Å². The Labute approximate surface area is 175 Å². The van der Waals surface area contributed by atoms with Crippen molar-refractivity contribution in [2.24, 2.45) is 0 Å². The molecular weight excluding hydrogens is 407 g/mol. The van der Waals surface area contributed by atoms with Gasteiger partial charge in [0, 0.05) is 46.9 Å². The number of halogens is 3. The van der Waals surface area contributed by atoms with E-state index in [2.05, 4.69) is 30.5 Å². The lowest BCUT2D eigenvalue weighted by Crippen LogP contribution is -2.31. The zero-order valence-corrected chi connectivity index (χ0v) is 16.4. The van der Waals surface area contributed by atoms with Crippen LogP contribution in [0.3, 0.4) is 0 Å². The largest absolute Gasteiger partial charge is 0.420 e. The molecular formula is C21H20F3N7. The van der Waals surface area contributed by atoms with Crippen molar-refractivity contribution in [1.29, 1.82) is 0 Å². The number of nitrogen functional groups attached to an aromatic ring is 1. The standard InChI is InChI=1S/C21H20F3N7/c22-21(23,24)17-18(12-2-1-6-26-9-12)29-20(25)30-19(17)14-10-27-16-8-11(3-4-13(14)16)15-5-7-28-31-15/h3-5,7-8,10,12,26-27H,1-2,6,9H2,(H,28,31)(H2,25,29,30)/t12-/m0/s1. The molecule has 0 amide bonds. The highest BCUT2D eigenvalue weighted by Gasteiger charge is 2.41. The Bertz CT molecular complexity index is 1220. The minimum Gasteiger partial charge on any atom is -0.368 e. The van der Waals surface area contributed by atoms with Crippen LogP contribution in [0.4, 0.5) is 19.1 Å². The van der Waals surface area contributed by atoms with Crippen molar-refractivity contribution >= 4 is 16.9 Å². The van der Waals surface area contributed by atoms with E-state index in [1.165, 1.54) is 0 Å². The molecule has 0 radical (unpaired) electrons. The summed E-state index contributed by atoms with van der Waals surface area (Å²) in [5.41, 5.74) is 7.45. The summed E-state index contributed by atoms with van der Waals surface area (Å²) in [6, 6.07) is 7.26. The molecule has 1 saturated heterocycles. The molecule has 31 heavy (non-hydrogen) atoms. The molecule has 10 heteroatoms. The topological polar surface area (TPSA) is 108 Å². The fourth-order valence-electron chi connectivity index (χ4n) is 4.25. The van der Waals surface area contributed by atoms with Gasteiger partial charge in [0.2, 0.25) is 5.95 Å². The van der Waals surface area contributed by atoms with E-state index < -0.39 is 11.7 Å². The Kier molecular flexibility index (Phi) is 4.66. The van der Waals surface area contributed by atoms with Crippen molar-refractivity contribution < 1.29 is 13.2 Å². The first kappa shape index (κ1) is 19.6. The van der Waals surface area contributed by atoms with Gasteiger partial charge in [-0.25, -0.2) is 9.97 Å². The Hall–Kier alpha value is -3.40. The lowest BCUT2D eigenvalue weighted by atomic mass is 9.90. The normalized spacial score (nSPS) is 17.3. The monoisotopic (exact) mass is 427 g/mol. The van der Waals surface area contributed by atoms with Crippen LogP contribution in [0.5, 0.6) is 0 Å². The summed E-state index contributed by atoms with van der Waals surface area (Å²) < 4.78 is 42.8. The molecule has 5 rings (SSSR count). The molecule has 0 spiro atoms. The number of anilines is 1. The van der Waals surface area contributed by atoms with Gasteiger partial charge in [-0.05, 0) is 31.5 Å². The maximum atomic E-state index is 14.3. The number of fused-ring (bicyclic) bond motifs is 1. The van der Waals surface area contributed by atoms with Crippen molar-refractivity contribution in [3.8, 4) is 22.5 Å². The number of alkyl halides is 3. The molecule has 160 valence electrons. The van der Waals surface area contributed by atoms with Crippen LogP contribution in [0, 0.1) is 0 Å². The van der Waals surface area contributed by atoms with Gasteiger partial charge in [-0.1, -0.05) is 12.1 Å². The number of nitrogens with one attached hydrogen (secondary N) is 3. The summed E-state index contributed by atoms with van der Waals surface area (Å²) in [6.07, 6.45) is 0.0328. The van der Waals surface area contributed by atoms with Gasteiger partial charge < -0.3 is 16.0 Å². The number of benzene rings is 1. The third-order valence-electron chi connectivity index (χ3n) is 5.65. The Morgan fingerprint density at radius 2 is 2.00 bits per heavy atom. The number of H-pyrrole nitrogens is 2. The molecule has 1 atom stereocenters. The first-order valence-electron chi connectivity index (χ1n) is 9.99. The molecule has 5 N–H and O–H groups in total. The van der Waals surface area contributed by atoms with E-state index in [1.807, 2.05) is 18.2 Å². The first-order valence-corrected chi connectivity index (χ1v) is 9.99. The smallest absolute Gasteiger partial charge is 0.368 e. The Morgan fingerprint density at radius 1 is 1.13 bits per heavy atom. The molecule has 0 bridgehead atoms.